The zero-order chi connectivity index (χ0) is 38.9. The summed E-state index contributed by atoms with van der Waals surface area (Å²) in [6.07, 6.45) is 6.79. The van der Waals surface area contributed by atoms with E-state index in [-0.39, 0.29) is 53.4 Å². The van der Waals surface area contributed by atoms with Crippen LogP contribution >= 0.6 is 43.5 Å². The molecule has 3 aliphatic rings. The molecular weight excluding hydrogens is 919 g/mol. The van der Waals surface area contributed by atoms with Gasteiger partial charge >= 0.3 is 23.1 Å². The normalized spacial score (nSPS) is 14.4. The molecule has 3 saturated heterocycles. The summed E-state index contributed by atoms with van der Waals surface area (Å²) in [7, 11) is 0. The third kappa shape index (κ3) is 19.9. The molecule has 2 aromatic heterocycles. The number of carbonyl (C=O) groups is 1. The first-order valence-corrected chi connectivity index (χ1v) is 21.0. The number of ketones is 1. The van der Waals surface area contributed by atoms with Crippen LogP contribution in [0.3, 0.4) is 0 Å². The van der Waals surface area contributed by atoms with Gasteiger partial charge in [0.2, 0.25) is 0 Å². The number of rotatable bonds is 7. The van der Waals surface area contributed by atoms with Crippen LogP contribution < -0.4 is 32.0 Å². The topological polar surface area (TPSA) is 65.0 Å². The van der Waals surface area contributed by atoms with E-state index in [1.165, 1.54) is 24.2 Å². The SMILES string of the molecule is C.C1CCOC1.CC(C)CC(=O)c1ccc(N2CCN(c3ccc(Br)cc3)CC2)cn1.Clc1ccc(N2CCN(c3ccc(Br)cc3)CC2)cn1.F.[CH2-]C(C)C.[Cl-].[Mg+2]. The van der Waals surface area contributed by atoms with E-state index in [0.29, 0.717) is 29.1 Å². The van der Waals surface area contributed by atoms with Crippen molar-refractivity contribution in [2.45, 2.75) is 54.4 Å². The van der Waals surface area contributed by atoms with E-state index in [9.17, 15) is 4.79 Å². The Hall–Kier alpha value is -2.19. The van der Waals surface area contributed by atoms with Gasteiger partial charge in [-0.1, -0.05) is 78.6 Å². The van der Waals surface area contributed by atoms with E-state index in [1.54, 1.807) is 0 Å². The molecule has 316 valence electrons. The first-order chi connectivity index (χ1) is 26.0. The van der Waals surface area contributed by atoms with Gasteiger partial charge in [0.1, 0.15) is 10.8 Å². The zero-order valence-corrected chi connectivity index (χ0v) is 39.9. The second-order valence-electron chi connectivity index (χ2n) is 14.4. The largest absolute Gasteiger partial charge is 2.00 e. The van der Waals surface area contributed by atoms with Crippen molar-refractivity contribution in [2.75, 3.05) is 85.2 Å². The monoisotopic (exact) mass is 976 g/mol. The van der Waals surface area contributed by atoms with E-state index >= 15 is 0 Å². The molecule has 4 aromatic rings. The number of hydrogen-bond donors (Lipinski definition) is 0. The van der Waals surface area contributed by atoms with E-state index in [2.05, 4.69) is 145 Å². The smallest absolute Gasteiger partial charge is 1.00 e. The summed E-state index contributed by atoms with van der Waals surface area (Å²) in [5.41, 5.74) is 5.35. The van der Waals surface area contributed by atoms with Gasteiger partial charge in [0.15, 0.2) is 5.78 Å². The van der Waals surface area contributed by atoms with Crippen LogP contribution in [0.4, 0.5) is 27.5 Å². The van der Waals surface area contributed by atoms with Crippen LogP contribution in [0.2, 0.25) is 5.15 Å². The number of benzene rings is 2. The van der Waals surface area contributed by atoms with Crippen molar-refractivity contribution in [1.29, 1.82) is 0 Å². The van der Waals surface area contributed by atoms with Crippen LogP contribution in [0, 0.1) is 18.8 Å². The predicted molar refractivity (Wildman–Crippen MR) is 250 cm³/mol. The molecule has 3 fully saturated rings. The Morgan fingerprint density at radius 2 is 1.02 bits per heavy atom. The molecule has 2 aromatic carbocycles. The summed E-state index contributed by atoms with van der Waals surface area (Å²) in [5.74, 6) is 1.07. The Balaban J connectivity index is 0.000000882. The summed E-state index contributed by atoms with van der Waals surface area (Å²) >= 11 is 12.8. The Labute approximate surface area is 392 Å². The molecule has 5 heterocycles. The van der Waals surface area contributed by atoms with Gasteiger partial charge in [-0.2, -0.15) is 5.92 Å². The number of piperazine rings is 2. The number of nitrogens with zero attached hydrogens (tertiary/aromatic N) is 6. The third-order valence-electron chi connectivity index (χ3n) is 8.84. The Bertz CT molecular complexity index is 1590. The van der Waals surface area contributed by atoms with Crippen molar-refractivity contribution < 1.29 is 26.6 Å². The molecule has 0 N–H and O–H groups in total. The van der Waals surface area contributed by atoms with Gasteiger partial charge in [-0.15, -0.1) is 0 Å². The van der Waals surface area contributed by atoms with E-state index in [1.807, 2.05) is 36.7 Å². The van der Waals surface area contributed by atoms with Crippen LogP contribution in [0.25, 0.3) is 0 Å². The maximum atomic E-state index is 12.1. The summed E-state index contributed by atoms with van der Waals surface area (Å²) in [4.78, 5) is 30.1. The molecule has 7 rings (SSSR count). The second kappa shape index (κ2) is 29.9. The summed E-state index contributed by atoms with van der Waals surface area (Å²) < 4.78 is 7.17. The molecule has 3 aliphatic heterocycles. The van der Waals surface area contributed by atoms with Crippen LogP contribution in [0.1, 0.15) is 64.9 Å². The molecule has 58 heavy (non-hydrogen) atoms. The minimum Gasteiger partial charge on any atom is -1.00 e. The molecule has 0 amide bonds. The Morgan fingerprint density at radius 3 is 1.31 bits per heavy atom. The van der Waals surface area contributed by atoms with Gasteiger partial charge in [-0.05, 0) is 91.6 Å². The quantitative estimate of drug-likeness (QED) is 0.0803. The van der Waals surface area contributed by atoms with Crippen LogP contribution in [-0.2, 0) is 4.74 Å². The molecule has 0 saturated carbocycles. The molecule has 0 aliphatic carbocycles. The van der Waals surface area contributed by atoms with Gasteiger partial charge in [0.05, 0.1) is 23.8 Å². The van der Waals surface area contributed by atoms with Gasteiger partial charge < -0.3 is 43.7 Å². The van der Waals surface area contributed by atoms with Gasteiger partial charge in [-0.3, -0.25) is 14.5 Å². The molecule has 0 radical (unpaired) electrons. The molecule has 14 heteroatoms. The Morgan fingerprint density at radius 1 is 0.672 bits per heavy atom. The van der Waals surface area contributed by atoms with Gasteiger partial charge in [0, 0.05) is 92.3 Å². The number of aromatic nitrogens is 2. The average molecular weight is 980 g/mol. The molecular formula is C44H61Br2Cl2FMgN6O2. The van der Waals surface area contributed by atoms with Gasteiger partial charge in [0.25, 0.3) is 0 Å². The number of carbonyl (C=O) groups excluding carboxylic acids is 1. The van der Waals surface area contributed by atoms with E-state index in [0.717, 1.165) is 85.9 Å². The van der Waals surface area contributed by atoms with E-state index in [4.69, 9.17) is 16.3 Å². The minimum absolute atomic E-state index is 0. The first kappa shape index (κ1) is 55.8. The Kier molecular flexibility index (Phi) is 28.8. The predicted octanol–water partition coefficient (Wildman–Crippen LogP) is 7.91. The van der Waals surface area contributed by atoms with Crippen molar-refractivity contribution in [3.05, 3.63) is 112 Å². The fraction of sp³-hybridized carbons (Fsp3) is 0.455. The fourth-order valence-electron chi connectivity index (χ4n) is 6.03. The number of pyridine rings is 2. The minimum atomic E-state index is 0. The summed E-state index contributed by atoms with van der Waals surface area (Å²) in [6, 6.07) is 24.7. The fourth-order valence-corrected chi connectivity index (χ4v) is 6.67. The number of Topliss-reactive ketones (excluding diaryl/α,β-unsaturated/α-hetero) is 1. The number of ether oxygens (including phenoxy) is 1. The van der Waals surface area contributed by atoms with Crippen molar-refractivity contribution in [1.82, 2.24) is 9.97 Å². The number of anilines is 4. The molecule has 8 nitrogen and oxygen atoms in total. The average Bonchev–Trinajstić information content (AvgIpc) is 3.77. The maximum Gasteiger partial charge on any atom is 2.00 e. The van der Waals surface area contributed by atoms with Crippen molar-refractivity contribution >= 4 is 95.0 Å². The summed E-state index contributed by atoms with van der Waals surface area (Å²) in [6.45, 7) is 21.8. The maximum absolute atomic E-state index is 12.1. The van der Waals surface area contributed by atoms with Crippen molar-refractivity contribution in [3.63, 3.8) is 0 Å². The molecule has 0 unspecified atom stereocenters. The standard InChI is InChI=1S/C20H24BrN3O.C15H15BrClN3.C4H8O.C4H9.CH4.ClH.FH.Mg/c1-15(2)13-20(25)19-8-7-18(14-22-19)24-11-9-23(10-12-24)17-5-3-16(21)4-6-17;16-12-1-3-13(4-2-12)19-7-9-20(10-8-19)14-5-6-15(17)18-11-14;1-2-4-5-3-1;1-4(2)3;;;;/h3-8,14-15H,9-13H2,1-2H3;1-6,11H,7-10H2;1-4H2;4H,1H2,2-3H3;1H4;2*1H;/q;;;-1;;;;+2/p-1. The zero-order valence-electron chi connectivity index (χ0n) is 33.8. The van der Waals surface area contributed by atoms with Crippen molar-refractivity contribution in [2.24, 2.45) is 11.8 Å². The van der Waals surface area contributed by atoms with Crippen LogP contribution in [0.15, 0.2) is 94.1 Å². The third-order valence-corrected chi connectivity index (χ3v) is 10.1. The summed E-state index contributed by atoms with van der Waals surface area (Å²) in [5, 5.41) is 0.544. The molecule has 0 spiro atoms. The molecule has 0 bridgehead atoms. The number of halogens is 5. The van der Waals surface area contributed by atoms with E-state index < -0.39 is 0 Å². The molecule has 0 atom stereocenters. The first-order valence-electron chi connectivity index (χ1n) is 19.0. The van der Waals surface area contributed by atoms with Crippen LogP contribution in [0.5, 0.6) is 0 Å². The van der Waals surface area contributed by atoms with Gasteiger partial charge in [-0.25, -0.2) is 4.98 Å². The van der Waals surface area contributed by atoms with Crippen molar-refractivity contribution in [3.8, 4) is 0 Å². The number of hydrogen-bond acceptors (Lipinski definition) is 8. The van der Waals surface area contributed by atoms with Crippen LogP contribution in [-0.4, -0.2) is 104 Å². The second-order valence-corrected chi connectivity index (χ2v) is 16.6.